The van der Waals surface area contributed by atoms with E-state index in [-0.39, 0.29) is 18.9 Å². The van der Waals surface area contributed by atoms with Gasteiger partial charge < -0.3 is 37.6 Å². The van der Waals surface area contributed by atoms with Crippen LogP contribution in [0.4, 0.5) is 0 Å². The van der Waals surface area contributed by atoms with Gasteiger partial charge in [-0.2, -0.15) is 0 Å². The zero-order valence-electron chi connectivity index (χ0n) is 16.8. The molecule has 0 saturated heterocycles. The Bertz CT molecular complexity index is 669. The van der Waals surface area contributed by atoms with E-state index in [0.29, 0.717) is 6.42 Å². The Morgan fingerprint density at radius 2 is 1.50 bits per heavy atom. The molecule has 0 heterocycles. The number of nitrogens with one attached hydrogen (secondary N) is 3. The van der Waals surface area contributed by atoms with Crippen molar-refractivity contribution in [2.24, 2.45) is 17.4 Å². The van der Waals surface area contributed by atoms with Crippen LogP contribution in [0.5, 0.6) is 0 Å². The van der Waals surface area contributed by atoms with Crippen molar-refractivity contribution in [1.82, 2.24) is 16.0 Å². The van der Waals surface area contributed by atoms with Crippen LogP contribution >= 0.6 is 0 Å². The highest BCUT2D eigenvalue weighted by atomic mass is 16.4. The van der Waals surface area contributed by atoms with Crippen LogP contribution in [0.2, 0.25) is 0 Å². The highest BCUT2D eigenvalue weighted by Crippen LogP contribution is 2.09. The van der Waals surface area contributed by atoms with Gasteiger partial charge in [-0.25, -0.2) is 4.79 Å². The van der Waals surface area contributed by atoms with Crippen molar-refractivity contribution in [3.63, 3.8) is 0 Å². The molecule has 0 aromatic carbocycles. The first-order valence-corrected chi connectivity index (χ1v) is 9.25. The standard InChI is InChI=1S/C17H29N5O8/c1-3-8(2)14(22-12(24)7-18)16(28)20-9(4-5-13(25)26)15(27)21-10(17(29)30)6-11(19)23/h8-10,14H,3-7,18H2,1-2H3,(H2,19,23)(H,20,28)(H,21,27)(H,22,24)(H,25,26)(H,29,30). The Balaban J connectivity index is 5.51. The Labute approximate surface area is 172 Å². The maximum absolute atomic E-state index is 12.7. The van der Waals surface area contributed by atoms with Crippen LogP contribution in [0.15, 0.2) is 0 Å². The summed E-state index contributed by atoms with van der Waals surface area (Å²) >= 11 is 0. The topological polar surface area (TPSA) is 231 Å². The molecule has 0 radical (unpaired) electrons. The van der Waals surface area contributed by atoms with Crippen LogP contribution in [0, 0.1) is 5.92 Å². The van der Waals surface area contributed by atoms with Crippen LogP contribution in [-0.2, 0) is 28.8 Å². The van der Waals surface area contributed by atoms with Crippen molar-refractivity contribution in [1.29, 1.82) is 0 Å². The van der Waals surface area contributed by atoms with E-state index >= 15 is 0 Å². The van der Waals surface area contributed by atoms with E-state index in [2.05, 4.69) is 16.0 Å². The monoisotopic (exact) mass is 431 g/mol. The fourth-order valence-corrected chi connectivity index (χ4v) is 2.41. The summed E-state index contributed by atoms with van der Waals surface area (Å²) in [5.41, 5.74) is 10.2. The fourth-order valence-electron chi connectivity index (χ4n) is 2.41. The molecule has 13 nitrogen and oxygen atoms in total. The molecule has 0 spiro atoms. The lowest BCUT2D eigenvalue weighted by Gasteiger charge is -2.26. The van der Waals surface area contributed by atoms with Gasteiger partial charge in [0.25, 0.3) is 0 Å². The Morgan fingerprint density at radius 1 is 0.933 bits per heavy atom. The summed E-state index contributed by atoms with van der Waals surface area (Å²) < 4.78 is 0. The van der Waals surface area contributed by atoms with Crippen molar-refractivity contribution in [2.75, 3.05) is 6.54 Å². The van der Waals surface area contributed by atoms with E-state index < -0.39 is 66.5 Å². The predicted octanol–water partition coefficient (Wildman–Crippen LogP) is -2.73. The molecule has 0 aliphatic carbocycles. The van der Waals surface area contributed by atoms with Gasteiger partial charge in [-0.1, -0.05) is 20.3 Å². The molecule has 4 unspecified atom stereocenters. The average molecular weight is 431 g/mol. The number of primary amides is 1. The summed E-state index contributed by atoms with van der Waals surface area (Å²) in [7, 11) is 0. The first-order chi connectivity index (χ1) is 13.9. The second-order valence-electron chi connectivity index (χ2n) is 6.70. The molecule has 170 valence electrons. The number of carboxylic acid groups (broad SMARTS) is 2. The summed E-state index contributed by atoms with van der Waals surface area (Å²) in [4.78, 5) is 69.9. The molecule has 0 rings (SSSR count). The Morgan fingerprint density at radius 3 is 1.93 bits per heavy atom. The molecule has 30 heavy (non-hydrogen) atoms. The third-order valence-electron chi connectivity index (χ3n) is 4.30. The summed E-state index contributed by atoms with van der Waals surface area (Å²) in [6.07, 6.45) is -1.06. The van der Waals surface area contributed by atoms with Crippen LogP contribution in [-0.4, -0.2) is 70.5 Å². The molecule has 0 aromatic rings. The zero-order chi connectivity index (χ0) is 23.4. The number of hydrogen-bond donors (Lipinski definition) is 7. The van der Waals surface area contributed by atoms with Crippen molar-refractivity contribution in [2.45, 2.75) is 57.7 Å². The number of hydrogen-bond acceptors (Lipinski definition) is 7. The second-order valence-corrected chi connectivity index (χ2v) is 6.70. The van der Waals surface area contributed by atoms with Crippen molar-refractivity contribution < 1.29 is 39.0 Å². The molecule has 4 atom stereocenters. The lowest BCUT2D eigenvalue weighted by atomic mass is 9.97. The predicted molar refractivity (Wildman–Crippen MR) is 103 cm³/mol. The molecule has 0 fully saturated rings. The number of carbonyl (C=O) groups is 6. The van der Waals surface area contributed by atoms with Gasteiger partial charge in [0.2, 0.25) is 23.6 Å². The zero-order valence-corrected chi connectivity index (χ0v) is 16.8. The maximum atomic E-state index is 12.7. The van der Waals surface area contributed by atoms with Crippen LogP contribution < -0.4 is 27.4 Å². The molecule has 0 aromatic heterocycles. The van der Waals surface area contributed by atoms with E-state index in [4.69, 9.17) is 21.7 Å². The smallest absolute Gasteiger partial charge is 0.326 e. The quantitative estimate of drug-likeness (QED) is 0.151. The second kappa shape index (κ2) is 13.1. The number of rotatable bonds is 14. The lowest BCUT2D eigenvalue weighted by Crippen LogP contribution is -2.58. The van der Waals surface area contributed by atoms with Gasteiger partial charge in [0.05, 0.1) is 13.0 Å². The summed E-state index contributed by atoms with van der Waals surface area (Å²) in [6.45, 7) is 3.09. The van der Waals surface area contributed by atoms with Gasteiger partial charge in [0.15, 0.2) is 0 Å². The Kier molecular flexibility index (Phi) is 11.7. The number of carbonyl (C=O) groups excluding carboxylic acids is 4. The normalized spacial score (nSPS) is 14.5. The molecule has 0 aliphatic rings. The van der Waals surface area contributed by atoms with Gasteiger partial charge in [-0.15, -0.1) is 0 Å². The molecular weight excluding hydrogens is 402 g/mol. The molecule has 4 amide bonds. The SMILES string of the molecule is CCC(C)C(NC(=O)CN)C(=O)NC(CCC(=O)O)C(=O)NC(CC(N)=O)C(=O)O. The van der Waals surface area contributed by atoms with Crippen LogP contribution in [0.3, 0.4) is 0 Å². The first-order valence-electron chi connectivity index (χ1n) is 9.25. The van der Waals surface area contributed by atoms with Gasteiger partial charge in [0, 0.05) is 6.42 Å². The van der Waals surface area contributed by atoms with Gasteiger partial charge in [-0.05, 0) is 12.3 Å². The van der Waals surface area contributed by atoms with Crippen LogP contribution in [0.1, 0.15) is 39.5 Å². The van der Waals surface area contributed by atoms with Crippen LogP contribution in [0.25, 0.3) is 0 Å². The minimum atomic E-state index is -1.65. The molecule has 0 bridgehead atoms. The summed E-state index contributed by atoms with van der Waals surface area (Å²) in [5.74, 6) is -6.47. The largest absolute Gasteiger partial charge is 0.481 e. The third kappa shape index (κ3) is 9.82. The molecule has 9 N–H and O–H groups in total. The lowest BCUT2D eigenvalue weighted by molar-refractivity contribution is -0.144. The molecule has 0 aliphatic heterocycles. The summed E-state index contributed by atoms with van der Waals surface area (Å²) in [6, 6.07) is -4.13. The minimum Gasteiger partial charge on any atom is -0.481 e. The Hall–Kier alpha value is -3.22. The van der Waals surface area contributed by atoms with Crippen molar-refractivity contribution in [3.8, 4) is 0 Å². The average Bonchev–Trinajstić information content (AvgIpc) is 2.66. The van der Waals surface area contributed by atoms with E-state index in [1.165, 1.54) is 0 Å². The highest BCUT2D eigenvalue weighted by molar-refractivity contribution is 5.94. The van der Waals surface area contributed by atoms with Gasteiger partial charge in [-0.3, -0.25) is 24.0 Å². The van der Waals surface area contributed by atoms with E-state index in [1.807, 2.05) is 0 Å². The molecule has 13 heteroatoms. The minimum absolute atomic E-state index is 0.342. The van der Waals surface area contributed by atoms with E-state index in [1.54, 1.807) is 13.8 Å². The number of nitrogens with two attached hydrogens (primary N) is 2. The molecule has 0 saturated carbocycles. The highest BCUT2D eigenvalue weighted by Gasteiger charge is 2.32. The van der Waals surface area contributed by atoms with Crippen molar-refractivity contribution in [3.05, 3.63) is 0 Å². The number of amides is 4. The fraction of sp³-hybridized carbons (Fsp3) is 0.647. The van der Waals surface area contributed by atoms with Gasteiger partial charge in [0.1, 0.15) is 18.1 Å². The number of carboxylic acids is 2. The maximum Gasteiger partial charge on any atom is 0.326 e. The molecular formula is C17H29N5O8. The number of aliphatic carboxylic acids is 2. The van der Waals surface area contributed by atoms with E-state index in [9.17, 15) is 28.8 Å². The van der Waals surface area contributed by atoms with Crippen molar-refractivity contribution >= 4 is 35.6 Å². The summed E-state index contributed by atoms with van der Waals surface area (Å²) in [5, 5.41) is 24.8. The van der Waals surface area contributed by atoms with E-state index in [0.717, 1.165) is 0 Å². The third-order valence-corrected chi connectivity index (χ3v) is 4.30. The first kappa shape index (κ1) is 26.8. The van der Waals surface area contributed by atoms with Gasteiger partial charge >= 0.3 is 11.9 Å².